The van der Waals surface area contributed by atoms with Crippen molar-refractivity contribution in [3.05, 3.63) is 23.8 Å². The van der Waals surface area contributed by atoms with Gasteiger partial charge >= 0.3 is 0 Å². The van der Waals surface area contributed by atoms with E-state index < -0.39 is 0 Å². The first-order chi connectivity index (χ1) is 8.81. The normalized spacial score (nSPS) is 14.8. The number of hydrogen-bond donors (Lipinski definition) is 1. The van der Waals surface area contributed by atoms with Crippen LogP contribution < -0.4 is 15.2 Å². The van der Waals surface area contributed by atoms with E-state index in [1.165, 1.54) is 12.8 Å². The molecule has 2 N–H and O–H groups in total. The van der Waals surface area contributed by atoms with Gasteiger partial charge in [-0.1, -0.05) is 25.8 Å². The standard InChI is InChI=1S/C14H21NO3/c1-2-3-4-7-16-9-12(15)11-5-6-13-14(8-11)18-10-17-13/h5-6,8,12H,2-4,7,9-10,15H2,1H3. The SMILES string of the molecule is CCCCCOCC(N)c1ccc2c(c1)OCO2. The van der Waals surface area contributed by atoms with Gasteiger partial charge in [-0.15, -0.1) is 0 Å². The van der Waals surface area contributed by atoms with Gasteiger partial charge in [-0.25, -0.2) is 0 Å². The van der Waals surface area contributed by atoms with Gasteiger partial charge in [-0.05, 0) is 24.1 Å². The molecule has 0 bridgehead atoms. The lowest BCUT2D eigenvalue weighted by Gasteiger charge is -2.13. The topological polar surface area (TPSA) is 53.7 Å². The molecule has 0 saturated heterocycles. The van der Waals surface area contributed by atoms with Crippen LogP contribution in [0.15, 0.2) is 18.2 Å². The molecule has 1 aromatic carbocycles. The van der Waals surface area contributed by atoms with E-state index in [1.807, 2.05) is 18.2 Å². The van der Waals surface area contributed by atoms with Crippen molar-refractivity contribution in [3.63, 3.8) is 0 Å². The molecule has 4 heteroatoms. The maximum atomic E-state index is 6.08. The summed E-state index contributed by atoms with van der Waals surface area (Å²) in [6.45, 7) is 3.80. The van der Waals surface area contributed by atoms with E-state index >= 15 is 0 Å². The van der Waals surface area contributed by atoms with Crippen LogP contribution in [0.5, 0.6) is 11.5 Å². The van der Waals surface area contributed by atoms with Crippen molar-refractivity contribution in [2.75, 3.05) is 20.0 Å². The molecule has 4 nitrogen and oxygen atoms in total. The van der Waals surface area contributed by atoms with Crippen molar-refractivity contribution in [3.8, 4) is 11.5 Å². The fourth-order valence-corrected chi connectivity index (χ4v) is 1.90. The van der Waals surface area contributed by atoms with E-state index in [9.17, 15) is 0 Å². The zero-order valence-corrected chi connectivity index (χ0v) is 10.9. The van der Waals surface area contributed by atoms with Gasteiger partial charge in [0.15, 0.2) is 11.5 Å². The number of benzene rings is 1. The molecule has 1 atom stereocenters. The van der Waals surface area contributed by atoms with Crippen LogP contribution in [0.3, 0.4) is 0 Å². The second kappa shape index (κ2) is 6.61. The van der Waals surface area contributed by atoms with Crippen LogP contribution in [0.1, 0.15) is 37.8 Å². The van der Waals surface area contributed by atoms with Crippen molar-refractivity contribution in [2.24, 2.45) is 5.73 Å². The number of rotatable bonds is 7. The Kier molecular flexibility index (Phi) is 4.84. The fourth-order valence-electron chi connectivity index (χ4n) is 1.90. The second-order valence-corrected chi connectivity index (χ2v) is 4.50. The van der Waals surface area contributed by atoms with Crippen LogP contribution in [0.25, 0.3) is 0 Å². The van der Waals surface area contributed by atoms with Gasteiger partial charge in [-0.3, -0.25) is 0 Å². The molecule has 2 rings (SSSR count). The molecular formula is C14H21NO3. The van der Waals surface area contributed by atoms with E-state index in [0.29, 0.717) is 13.4 Å². The summed E-state index contributed by atoms with van der Waals surface area (Å²) in [6.07, 6.45) is 3.52. The number of ether oxygens (including phenoxy) is 3. The van der Waals surface area contributed by atoms with Crippen molar-refractivity contribution < 1.29 is 14.2 Å². The first-order valence-corrected chi connectivity index (χ1v) is 6.54. The molecule has 18 heavy (non-hydrogen) atoms. The number of nitrogens with two attached hydrogens (primary N) is 1. The third-order valence-corrected chi connectivity index (χ3v) is 3.01. The minimum Gasteiger partial charge on any atom is -0.454 e. The molecule has 1 aromatic rings. The highest BCUT2D eigenvalue weighted by Gasteiger charge is 2.15. The van der Waals surface area contributed by atoms with E-state index in [4.69, 9.17) is 19.9 Å². The molecular weight excluding hydrogens is 230 g/mol. The molecule has 100 valence electrons. The number of fused-ring (bicyclic) bond motifs is 1. The monoisotopic (exact) mass is 251 g/mol. The van der Waals surface area contributed by atoms with Gasteiger partial charge in [0.1, 0.15) is 0 Å². The van der Waals surface area contributed by atoms with E-state index in [0.717, 1.165) is 30.1 Å². The Morgan fingerprint density at radius 1 is 1.28 bits per heavy atom. The smallest absolute Gasteiger partial charge is 0.231 e. The van der Waals surface area contributed by atoms with Crippen LogP contribution in [0.2, 0.25) is 0 Å². The van der Waals surface area contributed by atoms with E-state index in [-0.39, 0.29) is 6.04 Å². The van der Waals surface area contributed by atoms with Gasteiger partial charge in [0, 0.05) is 6.61 Å². The summed E-state index contributed by atoms with van der Waals surface area (Å²) in [4.78, 5) is 0. The first-order valence-electron chi connectivity index (χ1n) is 6.54. The summed E-state index contributed by atoms with van der Waals surface area (Å²) in [5.41, 5.74) is 7.11. The molecule has 1 unspecified atom stereocenters. The van der Waals surface area contributed by atoms with Crippen LogP contribution >= 0.6 is 0 Å². The predicted octanol–water partition coefficient (Wildman–Crippen LogP) is 2.62. The Morgan fingerprint density at radius 2 is 2.11 bits per heavy atom. The van der Waals surface area contributed by atoms with Gasteiger partial charge in [-0.2, -0.15) is 0 Å². The third kappa shape index (κ3) is 3.37. The summed E-state index contributed by atoms with van der Waals surface area (Å²) in [6, 6.07) is 5.69. The van der Waals surface area contributed by atoms with Crippen LogP contribution in [0.4, 0.5) is 0 Å². The maximum absolute atomic E-state index is 6.08. The molecule has 0 saturated carbocycles. The molecule has 0 aliphatic carbocycles. The lowest BCUT2D eigenvalue weighted by Crippen LogP contribution is -2.17. The average Bonchev–Trinajstić information content (AvgIpc) is 2.85. The summed E-state index contributed by atoms with van der Waals surface area (Å²) < 4.78 is 16.2. The maximum Gasteiger partial charge on any atom is 0.231 e. The van der Waals surface area contributed by atoms with Crippen LogP contribution in [-0.4, -0.2) is 20.0 Å². The second-order valence-electron chi connectivity index (χ2n) is 4.50. The molecule has 0 aromatic heterocycles. The largest absolute Gasteiger partial charge is 0.454 e. The predicted molar refractivity (Wildman–Crippen MR) is 69.8 cm³/mol. The fraction of sp³-hybridized carbons (Fsp3) is 0.571. The molecule has 1 aliphatic rings. The summed E-state index contributed by atoms with van der Waals surface area (Å²) >= 11 is 0. The van der Waals surface area contributed by atoms with Crippen LogP contribution in [0, 0.1) is 0 Å². The first kappa shape index (κ1) is 13.2. The molecule has 1 aliphatic heterocycles. The minimum atomic E-state index is -0.110. The van der Waals surface area contributed by atoms with E-state index in [2.05, 4.69) is 6.92 Å². The van der Waals surface area contributed by atoms with Gasteiger partial charge in [0.05, 0.1) is 12.6 Å². The Balaban J connectivity index is 1.80. The third-order valence-electron chi connectivity index (χ3n) is 3.01. The Bertz CT molecular complexity index is 381. The van der Waals surface area contributed by atoms with Crippen molar-refractivity contribution in [1.82, 2.24) is 0 Å². The Morgan fingerprint density at radius 3 is 2.94 bits per heavy atom. The highest BCUT2D eigenvalue weighted by molar-refractivity contribution is 5.45. The van der Waals surface area contributed by atoms with Gasteiger partial charge < -0.3 is 19.9 Å². The van der Waals surface area contributed by atoms with Gasteiger partial charge in [0.2, 0.25) is 6.79 Å². The summed E-state index contributed by atoms with van der Waals surface area (Å²) in [7, 11) is 0. The molecule has 1 heterocycles. The zero-order chi connectivity index (χ0) is 12.8. The van der Waals surface area contributed by atoms with Crippen molar-refractivity contribution in [2.45, 2.75) is 32.2 Å². The molecule has 0 radical (unpaired) electrons. The lowest BCUT2D eigenvalue weighted by molar-refractivity contribution is 0.117. The minimum absolute atomic E-state index is 0.110. The summed E-state index contributed by atoms with van der Waals surface area (Å²) in [5, 5.41) is 0. The molecule has 0 spiro atoms. The highest BCUT2D eigenvalue weighted by Crippen LogP contribution is 2.33. The summed E-state index contributed by atoms with van der Waals surface area (Å²) in [5.74, 6) is 1.56. The lowest BCUT2D eigenvalue weighted by atomic mass is 10.1. The van der Waals surface area contributed by atoms with Crippen molar-refractivity contribution >= 4 is 0 Å². The molecule has 0 fully saturated rings. The highest BCUT2D eigenvalue weighted by atomic mass is 16.7. The Hall–Kier alpha value is -1.26. The van der Waals surface area contributed by atoms with Gasteiger partial charge in [0.25, 0.3) is 0 Å². The average molecular weight is 251 g/mol. The number of unbranched alkanes of at least 4 members (excludes halogenated alkanes) is 2. The zero-order valence-electron chi connectivity index (χ0n) is 10.9. The molecule has 0 amide bonds. The number of hydrogen-bond acceptors (Lipinski definition) is 4. The Labute approximate surface area is 108 Å². The van der Waals surface area contributed by atoms with Crippen molar-refractivity contribution in [1.29, 1.82) is 0 Å². The van der Waals surface area contributed by atoms with Crippen LogP contribution in [-0.2, 0) is 4.74 Å². The van der Waals surface area contributed by atoms with E-state index in [1.54, 1.807) is 0 Å². The quantitative estimate of drug-likeness (QED) is 0.757.